The van der Waals surface area contributed by atoms with Crippen LogP contribution >= 0.6 is 0 Å². The zero-order chi connectivity index (χ0) is 17.4. The van der Waals surface area contributed by atoms with E-state index < -0.39 is 5.97 Å². The molecule has 0 unspecified atom stereocenters. The van der Waals surface area contributed by atoms with Gasteiger partial charge in [0.05, 0.1) is 11.6 Å². The van der Waals surface area contributed by atoms with Gasteiger partial charge in [-0.1, -0.05) is 6.07 Å². The third-order valence-corrected chi connectivity index (χ3v) is 4.52. The Hall–Kier alpha value is -2.96. The standard InChI is InChI=1S/C18H17NO6/c20-17(16-9-12(10-25-16)18(21)22)19-5-1-2-13(19)11-3-4-14-15(8-11)24-7-6-23-14/h3-4,8-10,13H,1-2,5-7H2,(H,21,22)/t13-/m0/s1. The molecule has 7 nitrogen and oxygen atoms in total. The molecule has 7 heteroatoms. The molecule has 3 heterocycles. The molecule has 2 aromatic rings. The Kier molecular flexibility index (Phi) is 3.83. The predicted octanol–water partition coefficient (Wildman–Crippen LogP) is 2.73. The molecule has 130 valence electrons. The van der Waals surface area contributed by atoms with E-state index in [1.807, 2.05) is 18.2 Å². The fourth-order valence-corrected chi connectivity index (χ4v) is 3.33. The van der Waals surface area contributed by atoms with Crippen LogP contribution in [0.2, 0.25) is 0 Å². The highest BCUT2D eigenvalue weighted by atomic mass is 16.6. The highest BCUT2D eigenvalue weighted by Gasteiger charge is 2.33. The van der Waals surface area contributed by atoms with Crippen LogP contribution in [0.25, 0.3) is 0 Å². The van der Waals surface area contributed by atoms with Gasteiger partial charge in [-0.05, 0) is 30.5 Å². The van der Waals surface area contributed by atoms with Crippen LogP contribution in [-0.2, 0) is 0 Å². The van der Waals surface area contributed by atoms with E-state index in [0.29, 0.717) is 31.3 Å². The molecule has 0 spiro atoms. The van der Waals surface area contributed by atoms with E-state index >= 15 is 0 Å². The van der Waals surface area contributed by atoms with E-state index in [-0.39, 0.29) is 23.3 Å². The maximum Gasteiger partial charge on any atom is 0.338 e. The van der Waals surface area contributed by atoms with Gasteiger partial charge in [0.2, 0.25) is 0 Å². The van der Waals surface area contributed by atoms with Crippen molar-refractivity contribution in [1.82, 2.24) is 4.90 Å². The van der Waals surface area contributed by atoms with Crippen molar-refractivity contribution < 1.29 is 28.6 Å². The van der Waals surface area contributed by atoms with E-state index in [9.17, 15) is 9.59 Å². The van der Waals surface area contributed by atoms with Crippen LogP contribution in [0, 0.1) is 0 Å². The van der Waals surface area contributed by atoms with Crippen molar-refractivity contribution in [2.75, 3.05) is 19.8 Å². The molecule has 4 rings (SSSR count). The van der Waals surface area contributed by atoms with Crippen LogP contribution in [0.3, 0.4) is 0 Å². The third kappa shape index (κ3) is 2.82. The van der Waals surface area contributed by atoms with Gasteiger partial charge in [-0.15, -0.1) is 0 Å². The van der Waals surface area contributed by atoms with Gasteiger partial charge < -0.3 is 23.9 Å². The van der Waals surface area contributed by atoms with Crippen molar-refractivity contribution in [3.63, 3.8) is 0 Å². The Morgan fingerprint density at radius 1 is 1.12 bits per heavy atom. The zero-order valence-electron chi connectivity index (χ0n) is 13.4. The number of carboxylic acid groups (broad SMARTS) is 1. The van der Waals surface area contributed by atoms with Crippen LogP contribution in [0.15, 0.2) is 34.9 Å². The Labute approximate surface area is 143 Å². The molecule has 1 aromatic heterocycles. The number of carboxylic acids is 1. The average molecular weight is 343 g/mol. The summed E-state index contributed by atoms with van der Waals surface area (Å²) in [5, 5.41) is 8.98. The average Bonchev–Trinajstić information content (AvgIpc) is 3.30. The maximum atomic E-state index is 12.7. The fraction of sp³-hybridized carbons (Fsp3) is 0.333. The second-order valence-corrected chi connectivity index (χ2v) is 6.06. The van der Waals surface area contributed by atoms with E-state index in [0.717, 1.165) is 24.7 Å². The number of benzene rings is 1. The fourth-order valence-electron chi connectivity index (χ4n) is 3.33. The number of aromatic carboxylic acids is 1. The first kappa shape index (κ1) is 15.6. The smallest absolute Gasteiger partial charge is 0.338 e. The van der Waals surface area contributed by atoms with Crippen LogP contribution in [0.5, 0.6) is 11.5 Å². The topological polar surface area (TPSA) is 89.2 Å². The number of carbonyl (C=O) groups is 2. The van der Waals surface area contributed by atoms with Gasteiger partial charge in [-0.25, -0.2) is 4.79 Å². The number of furan rings is 1. The minimum atomic E-state index is -1.12. The predicted molar refractivity (Wildman–Crippen MR) is 86.1 cm³/mol. The van der Waals surface area contributed by atoms with E-state index in [4.69, 9.17) is 19.0 Å². The molecule has 25 heavy (non-hydrogen) atoms. The quantitative estimate of drug-likeness (QED) is 0.922. The van der Waals surface area contributed by atoms with Crippen LogP contribution < -0.4 is 9.47 Å². The van der Waals surface area contributed by atoms with Crippen LogP contribution in [0.1, 0.15) is 45.4 Å². The summed E-state index contributed by atoms with van der Waals surface area (Å²) in [6.45, 7) is 1.64. The van der Waals surface area contributed by atoms with Crippen molar-refractivity contribution in [2.45, 2.75) is 18.9 Å². The minimum Gasteiger partial charge on any atom is -0.486 e. The summed E-state index contributed by atoms with van der Waals surface area (Å²) in [6.07, 6.45) is 2.79. The number of ether oxygens (including phenoxy) is 2. The summed E-state index contributed by atoms with van der Waals surface area (Å²) in [6, 6.07) is 6.88. The maximum absolute atomic E-state index is 12.7. The largest absolute Gasteiger partial charge is 0.486 e. The van der Waals surface area contributed by atoms with Gasteiger partial charge in [-0.3, -0.25) is 4.79 Å². The molecule has 2 aliphatic rings. The molecule has 1 saturated heterocycles. The Bertz CT molecular complexity index is 827. The molecular formula is C18H17NO6. The van der Waals surface area contributed by atoms with Crippen LogP contribution in [0.4, 0.5) is 0 Å². The normalized spacial score (nSPS) is 19.0. The lowest BCUT2D eigenvalue weighted by Crippen LogP contribution is -2.30. The number of likely N-dealkylation sites (tertiary alicyclic amines) is 1. The third-order valence-electron chi connectivity index (χ3n) is 4.52. The van der Waals surface area contributed by atoms with Gasteiger partial charge in [-0.2, -0.15) is 0 Å². The molecule has 1 atom stereocenters. The van der Waals surface area contributed by atoms with Crippen LogP contribution in [-0.4, -0.2) is 41.6 Å². The van der Waals surface area contributed by atoms with E-state index in [1.165, 1.54) is 6.07 Å². The molecular weight excluding hydrogens is 326 g/mol. The number of amides is 1. The SMILES string of the molecule is O=C(O)c1coc(C(=O)N2CCC[C@H]2c2ccc3c(c2)OCCO3)c1. The monoisotopic (exact) mass is 343 g/mol. The first-order valence-corrected chi connectivity index (χ1v) is 8.16. The molecule has 0 bridgehead atoms. The first-order valence-electron chi connectivity index (χ1n) is 8.16. The second-order valence-electron chi connectivity index (χ2n) is 6.06. The Morgan fingerprint density at radius 3 is 2.68 bits per heavy atom. The second kappa shape index (κ2) is 6.16. The molecule has 0 saturated carbocycles. The number of rotatable bonds is 3. The molecule has 1 N–H and O–H groups in total. The molecule has 0 aliphatic carbocycles. The molecule has 1 aromatic carbocycles. The molecule has 0 radical (unpaired) electrons. The van der Waals surface area contributed by atoms with Gasteiger partial charge in [0, 0.05) is 12.6 Å². The van der Waals surface area contributed by atoms with E-state index in [2.05, 4.69) is 0 Å². The molecule has 1 fully saturated rings. The summed E-state index contributed by atoms with van der Waals surface area (Å²) < 4.78 is 16.3. The Morgan fingerprint density at radius 2 is 1.92 bits per heavy atom. The van der Waals surface area contributed by atoms with Gasteiger partial charge >= 0.3 is 5.97 Å². The van der Waals surface area contributed by atoms with Gasteiger partial charge in [0.15, 0.2) is 17.3 Å². The summed E-state index contributed by atoms with van der Waals surface area (Å²) in [5.41, 5.74) is 0.943. The van der Waals surface area contributed by atoms with Crippen molar-refractivity contribution in [2.24, 2.45) is 0 Å². The summed E-state index contributed by atoms with van der Waals surface area (Å²) in [7, 11) is 0. The number of hydrogen-bond donors (Lipinski definition) is 1. The lowest BCUT2D eigenvalue weighted by atomic mass is 10.0. The lowest BCUT2D eigenvalue weighted by Gasteiger charge is -2.26. The summed E-state index contributed by atoms with van der Waals surface area (Å²) in [5.74, 6) is 0.0246. The number of hydrogen-bond acceptors (Lipinski definition) is 5. The summed E-state index contributed by atoms with van der Waals surface area (Å²) >= 11 is 0. The van der Waals surface area contributed by atoms with E-state index in [1.54, 1.807) is 4.90 Å². The lowest BCUT2D eigenvalue weighted by molar-refractivity contribution is 0.0690. The van der Waals surface area contributed by atoms with Crippen molar-refractivity contribution in [1.29, 1.82) is 0 Å². The summed E-state index contributed by atoms with van der Waals surface area (Å²) in [4.78, 5) is 25.4. The Balaban J connectivity index is 1.59. The first-order chi connectivity index (χ1) is 12.1. The number of nitrogens with zero attached hydrogens (tertiary/aromatic N) is 1. The van der Waals surface area contributed by atoms with Gasteiger partial charge in [0.25, 0.3) is 5.91 Å². The highest BCUT2D eigenvalue weighted by Crippen LogP contribution is 2.38. The van der Waals surface area contributed by atoms with Crippen molar-refractivity contribution in [3.05, 3.63) is 47.4 Å². The number of fused-ring (bicyclic) bond motifs is 1. The molecule has 1 amide bonds. The molecule has 2 aliphatic heterocycles. The number of carbonyl (C=O) groups excluding carboxylic acids is 1. The van der Waals surface area contributed by atoms with Crippen molar-refractivity contribution >= 4 is 11.9 Å². The van der Waals surface area contributed by atoms with Gasteiger partial charge in [0.1, 0.15) is 19.5 Å². The van der Waals surface area contributed by atoms with Crippen molar-refractivity contribution in [3.8, 4) is 11.5 Å². The minimum absolute atomic E-state index is 0.0292. The zero-order valence-corrected chi connectivity index (χ0v) is 13.4. The highest BCUT2D eigenvalue weighted by molar-refractivity contribution is 5.95.